The van der Waals surface area contributed by atoms with Crippen molar-refractivity contribution in [2.24, 2.45) is 0 Å². The van der Waals surface area contributed by atoms with Crippen molar-refractivity contribution < 1.29 is 22.7 Å². The topological polar surface area (TPSA) is 84.9 Å². The van der Waals surface area contributed by atoms with E-state index in [2.05, 4.69) is 5.32 Å². The van der Waals surface area contributed by atoms with E-state index in [-0.39, 0.29) is 17.2 Å². The number of nitrogens with zero attached hydrogens (tertiary/aromatic N) is 1. The third-order valence-corrected chi connectivity index (χ3v) is 6.84. The molecule has 8 heteroatoms. The Kier molecular flexibility index (Phi) is 6.76. The second kappa shape index (κ2) is 9.28. The molecule has 29 heavy (non-hydrogen) atoms. The lowest BCUT2D eigenvalue weighted by atomic mass is 10.1. The van der Waals surface area contributed by atoms with Crippen LogP contribution < -0.4 is 14.8 Å². The highest BCUT2D eigenvalue weighted by Gasteiger charge is 2.28. The Morgan fingerprint density at radius 2 is 1.72 bits per heavy atom. The molecule has 1 fully saturated rings. The SMILES string of the molecule is COc1ccc(CCC(=O)Nc2cc(S(=O)(=O)N3CCCC3)ccc2OC)cc1. The maximum absolute atomic E-state index is 12.8. The van der Waals surface area contributed by atoms with Crippen LogP contribution in [0.15, 0.2) is 47.4 Å². The van der Waals surface area contributed by atoms with Gasteiger partial charge in [-0.05, 0) is 55.2 Å². The van der Waals surface area contributed by atoms with Crippen LogP contribution in [-0.4, -0.2) is 45.9 Å². The predicted molar refractivity (Wildman–Crippen MR) is 111 cm³/mol. The second-order valence-electron chi connectivity index (χ2n) is 6.87. The van der Waals surface area contributed by atoms with Gasteiger partial charge in [-0.25, -0.2) is 8.42 Å². The number of rotatable bonds is 8. The van der Waals surface area contributed by atoms with Gasteiger partial charge in [0.1, 0.15) is 11.5 Å². The Hall–Kier alpha value is -2.58. The van der Waals surface area contributed by atoms with Gasteiger partial charge in [0.2, 0.25) is 15.9 Å². The molecule has 2 aromatic rings. The number of nitrogens with one attached hydrogen (secondary N) is 1. The molecular formula is C21H26N2O5S. The predicted octanol–water partition coefficient (Wildman–Crippen LogP) is 3.06. The van der Waals surface area contributed by atoms with Gasteiger partial charge in [0.05, 0.1) is 24.8 Å². The fraction of sp³-hybridized carbons (Fsp3) is 0.381. The van der Waals surface area contributed by atoms with Gasteiger partial charge in [-0.1, -0.05) is 12.1 Å². The van der Waals surface area contributed by atoms with Crippen LogP contribution in [0.4, 0.5) is 5.69 Å². The van der Waals surface area contributed by atoms with Crippen LogP contribution in [0.1, 0.15) is 24.8 Å². The first-order valence-electron chi connectivity index (χ1n) is 9.55. The Labute approximate surface area is 171 Å². The van der Waals surface area contributed by atoms with Gasteiger partial charge in [0.25, 0.3) is 0 Å². The Bertz CT molecular complexity index is 952. The molecule has 0 aromatic heterocycles. The summed E-state index contributed by atoms with van der Waals surface area (Å²) in [5, 5.41) is 2.79. The largest absolute Gasteiger partial charge is 0.497 e. The molecule has 1 heterocycles. The molecule has 3 rings (SSSR count). The van der Waals surface area contributed by atoms with Gasteiger partial charge >= 0.3 is 0 Å². The van der Waals surface area contributed by atoms with E-state index in [1.807, 2.05) is 24.3 Å². The molecule has 7 nitrogen and oxygen atoms in total. The van der Waals surface area contributed by atoms with Crippen LogP contribution in [0.3, 0.4) is 0 Å². The molecule has 0 atom stereocenters. The third kappa shape index (κ3) is 5.07. The molecule has 1 N–H and O–H groups in total. The van der Waals surface area contributed by atoms with Crippen LogP contribution in [0.2, 0.25) is 0 Å². The average Bonchev–Trinajstić information content (AvgIpc) is 3.28. The van der Waals surface area contributed by atoms with E-state index < -0.39 is 10.0 Å². The maximum atomic E-state index is 12.8. The lowest BCUT2D eigenvalue weighted by Gasteiger charge is -2.17. The lowest BCUT2D eigenvalue weighted by Crippen LogP contribution is -2.28. The van der Waals surface area contributed by atoms with Gasteiger partial charge in [0, 0.05) is 19.5 Å². The highest BCUT2D eigenvalue weighted by molar-refractivity contribution is 7.89. The fourth-order valence-electron chi connectivity index (χ4n) is 3.29. The van der Waals surface area contributed by atoms with E-state index in [0.717, 1.165) is 24.2 Å². The second-order valence-corrected chi connectivity index (χ2v) is 8.81. The molecule has 0 radical (unpaired) electrons. The van der Waals surface area contributed by atoms with Crippen LogP contribution in [0.5, 0.6) is 11.5 Å². The number of amides is 1. The van der Waals surface area contributed by atoms with Crippen molar-refractivity contribution in [2.45, 2.75) is 30.6 Å². The number of carbonyl (C=O) groups excluding carboxylic acids is 1. The van der Waals surface area contributed by atoms with Crippen LogP contribution in [-0.2, 0) is 21.2 Å². The van der Waals surface area contributed by atoms with Crippen molar-refractivity contribution in [3.63, 3.8) is 0 Å². The van der Waals surface area contributed by atoms with Crippen molar-refractivity contribution in [3.8, 4) is 11.5 Å². The van der Waals surface area contributed by atoms with Crippen molar-refractivity contribution in [2.75, 3.05) is 32.6 Å². The van der Waals surface area contributed by atoms with Gasteiger partial charge in [-0.2, -0.15) is 4.31 Å². The summed E-state index contributed by atoms with van der Waals surface area (Å²) in [5.74, 6) is 0.969. The smallest absolute Gasteiger partial charge is 0.243 e. The van der Waals surface area contributed by atoms with Crippen LogP contribution in [0, 0.1) is 0 Å². The summed E-state index contributed by atoms with van der Waals surface area (Å²) in [7, 11) is -0.481. The fourth-order valence-corrected chi connectivity index (χ4v) is 4.83. The number of ether oxygens (including phenoxy) is 2. The molecule has 1 aliphatic heterocycles. The number of carbonyl (C=O) groups is 1. The Morgan fingerprint density at radius 3 is 2.34 bits per heavy atom. The molecule has 0 unspecified atom stereocenters. The van der Waals surface area contributed by atoms with Gasteiger partial charge in [0.15, 0.2) is 0 Å². The molecule has 156 valence electrons. The zero-order valence-electron chi connectivity index (χ0n) is 16.7. The van der Waals surface area contributed by atoms with E-state index in [1.54, 1.807) is 13.2 Å². The van der Waals surface area contributed by atoms with E-state index >= 15 is 0 Å². The average molecular weight is 419 g/mol. The standard InChI is InChI=1S/C21H26N2O5S/c1-27-17-8-5-16(6-9-17)7-12-21(24)22-19-15-18(10-11-20(19)28-2)29(25,26)23-13-3-4-14-23/h5-6,8-11,15H,3-4,7,12-14H2,1-2H3,(H,22,24). The number of benzene rings is 2. The minimum absolute atomic E-state index is 0.158. The number of aryl methyl sites for hydroxylation is 1. The minimum Gasteiger partial charge on any atom is -0.497 e. The molecule has 1 amide bonds. The minimum atomic E-state index is -3.57. The van der Waals surface area contributed by atoms with Crippen molar-refractivity contribution in [1.29, 1.82) is 0 Å². The summed E-state index contributed by atoms with van der Waals surface area (Å²) in [6.45, 7) is 1.05. The van der Waals surface area contributed by atoms with Crippen LogP contribution in [0.25, 0.3) is 0 Å². The Morgan fingerprint density at radius 1 is 1.03 bits per heavy atom. The van der Waals surface area contributed by atoms with Crippen molar-refractivity contribution in [1.82, 2.24) is 4.31 Å². The quantitative estimate of drug-likeness (QED) is 0.712. The molecule has 0 aliphatic carbocycles. The maximum Gasteiger partial charge on any atom is 0.243 e. The summed E-state index contributed by atoms with van der Waals surface area (Å²) in [5.41, 5.74) is 1.37. The summed E-state index contributed by atoms with van der Waals surface area (Å²) in [6, 6.07) is 12.1. The summed E-state index contributed by atoms with van der Waals surface area (Å²) >= 11 is 0. The molecular weight excluding hydrogens is 392 g/mol. The molecule has 1 aliphatic rings. The lowest BCUT2D eigenvalue weighted by molar-refractivity contribution is -0.116. The Balaban J connectivity index is 1.70. The first-order chi connectivity index (χ1) is 13.9. The van der Waals surface area contributed by atoms with Crippen LogP contribution >= 0.6 is 0 Å². The number of sulfonamides is 1. The number of hydrogen-bond donors (Lipinski definition) is 1. The normalized spacial score (nSPS) is 14.6. The van der Waals surface area contributed by atoms with E-state index in [9.17, 15) is 13.2 Å². The zero-order valence-corrected chi connectivity index (χ0v) is 17.5. The zero-order chi connectivity index (χ0) is 20.9. The van der Waals surface area contributed by atoms with Crippen molar-refractivity contribution >= 4 is 21.6 Å². The first kappa shape index (κ1) is 21.1. The summed E-state index contributed by atoms with van der Waals surface area (Å²) < 4.78 is 37.5. The third-order valence-electron chi connectivity index (χ3n) is 4.95. The number of hydrogen-bond acceptors (Lipinski definition) is 5. The highest BCUT2D eigenvalue weighted by Crippen LogP contribution is 2.30. The highest BCUT2D eigenvalue weighted by atomic mass is 32.2. The molecule has 1 saturated heterocycles. The van der Waals surface area contributed by atoms with Gasteiger partial charge < -0.3 is 14.8 Å². The van der Waals surface area contributed by atoms with E-state index in [4.69, 9.17) is 9.47 Å². The molecule has 0 spiro atoms. The molecule has 0 bridgehead atoms. The number of anilines is 1. The molecule has 2 aromatic carbocycles. The van der Waals surface area contributed by atoms with E-state index in [0.29, 0.717) is 30.9 Å². The first-order valence-corrected chi connectivity index (χ1v) is 11.0. The monoisotopic (exact) mass is 418 g/mol. The van der Waals surface area contributed by atoms with Gasteiger partial charge in [-0.3, -0.25) is 4.79 Å². The molecule has 0 saturated carbocycles. The number of methoxy groups -OCH3 is 2. The van der Waals surface area contributed by atoms with Gasteiger partial charge in [-0.15, -0.1) is 0 Å². The summed E-state index contributed by atoms with van der Waals surface area (Å²) in [4.78, 5) is 12.6. The van der Waals surface area contributed by atoms with E-state index in [1.165, 1.54) is 23.5 Å². The van der Waals surface area contributed by atoms with Crippen molar-refractivity contribution in [3.05, 3.63) is 48.0 Å². The summed E-state index contributed by atoms with van der Waals surface area (Å²) in [6.07, 6.45) is 2.55.